The number of nitrogens with one attached hydrogen (secondary N) is 2. The Hall–Kier alpha value is -4.43. The number of benzene rings is 2. The molecule has 0 aliphatic carbocycles. The first kappa shape index (κ1) is 32.0. The van der Waals surface area contributed by atoms with Crippen molar-refractivity contribution in [1.29, 1.82) is 0 Å². The molecule has 2 aliphatic heterocycles. The summed E-state index contributed by atoms with van der Waals surface area (Å²) in [6.07, 6.45) is -3.58. The second kappa shape index (κ2) is 12.5. The molecule has 0 bridgehead atoms. The first-order valence-electron chi connectivity index (χ1n) is 14.1. The molecule has 1 amide bonds. The van der Waals surface area contributed by atoms with E-state index in [9.17, 15) is 22.8 Å². The number of carbonyl (C=O) groups excluding carboxylic acids is 1. The van der Waals surface area contributed by atoms with Gasteiger partial charge >= 0.3 is 12.1 Å². The quantitative estimate of drug-likeness (QED) is 0.259. The lowest BCUT2D eigenvalue weighted by atomic mass is 9.94. The summed E-state index contributed by atoms with van der Waals surface area (Å²) in [5.74, 6) is -2.20. The molecule has 1 atom stereocenters. The number of aliphatic carboxylic acids is 1. The third-order valence-electron chi connectivity index (χ3n) is 7.21. The molecule has 2 aromatic carbocycles. The topological polar surface area (TPSA) is 134 Å². The van der Waals surface area contributed by atoms with Crippen molar-refractivity contribution in [3.05, 3.63) is 80.6 Å². The molecule has 14 heteroatoms. The van der Waals surface area contributed by atoms with Gasteiger partial charge in [-0.1, -0.05) is 23.5 Å². The molecule has 0 saturated carbocycles. The van der Waals surface area contributed by atoms with Gasteiger partial charge in [0, 0.05) is 42.0 Å². The van der Waals surface area contributed by atoms with Gasteiger partial charge in [0.05, 0.1) is 30.3 Å². The average molecular weight is 645 g/mol. The predicted octanol–water partition coefficient (Wildman–Crippen LogP) is 5.45. The molecule has 2 aromatic heterocycles. The Morgan fingerprint density at radius 1 is 1.18 bits per heavy atom. The minimum atomic E-state index is -5.08. The third kappa shape index (κ3) is 7.63. The van der Waals surface area contributed by atoms with E-state index in [1.165, 1.54) is 23.0 Å². The number of aromatic nitrogens is 1. The van der Waals surface area contributed by atoms with Crippen LogP contribution in [0.25, 0.3) is 11.0 Å². The van der Waals surface area contributed by atoms with Crippen LogP contribution in [0.4, 0.5) is 29.7 Å². The van der Waals surface area contributed by atoms with Crippen molar-refractivity contribution in [3.63, 3.8) is 0 Å². The highest BCUT2D eigenvalue weighted by Crippen LogP contribution is 2.34. The third-order valence-corrected chi connectivity index (χ3v) is 8.34. The molecule has 1 fully saturated rings. The van der Waals surface area contributed by atoms with Crippen LogP contribution in [-0.2, 0) is 22.4 Å². The van der Waals surface area contributed by atoms with Crippen LogP contribution in [0.3, 0.4) is 0 Å². The van der Waals surface area contributed by atoms with Crippen LogP contribution in [0.1, 0.15) is 40.5 Å². The van der Waals surface area contributed by atoms with Crippen molar-refractivity contribution in [2.45, 2.75) is 51.4 Å². The molecule has 6 rings (SSSR count). The lowest BCUT2D eigenvalue weighted by molar-refractivity contribution is -0.192. The van der Waals surface area contributed by atoms with Crippen LogP contribution in [0.2, 0.25) is 0 Å². The van der Waals surface area contributed by atoms with E-state index in [1.54, 1.807) is 13.0 Å². The molecule has 238 valence electrons. The highest BCUT2D eigenvalue weighted by atomic mass is 32.1. The summed E-state index contributed by atoms with van der Waals surface area (Å²) in [5.41, 5.74) is 4.08. The van der Waals surface area contributed by atoms with Crippen molar-refractivity contribution in [1.82, 2.24) is 10.3 Å². The molecule has 1 saturated heterocycles. The average Bonchev–Trinajstić information content (AvgIpc) is 3.36. The Labute approximate surface area is 259 Å². The van der Waals surface area contributed by atoms with Gasteiger partial charge in [-0.15, -0.1) is 0 Å². The van der Waals surface area contributed by atoms with Crippen LogP contribution in [0, 0.1) is 6.92 Å². The van der Waals surface area contributed by atoms with E-state index in [-0.39, 0.29) is 22.9 Å². The Kier molecular flexibility index (Phi) is 8.90. The Balaban J connectivity index is 0.000000515. The van der Waals surface area contributed by atoms with E-state index >= 15 is 0 Å². The summed E-state index contributed by atoms with van der Waals surface area (Å²) in [7, 11) is 0. The van der Waals surface area contributed by atoms with Crippen LogP contribution < -0.4 is 21.0 Å². The van der Waals surface area contributed by atoms with Crippen molar-refractivity contribution in [2.24, 2.45) is 0 Å². The molecule has 45 heavy (non-hydrogen) atoms. The first-order valence-corrected chi connectivity index (χ1v) is 14.9. The van der Waals surface area contributed by atoms with Crippen LogP contribution in [0.5, 0.6) is 0 Å². The lowest BCUT2D eigenvalue weighted by Crippen LogP contribution is -2.48. The summed E-state index contributed by atoms with van der Waals surface area (Å²) in [6.45, 7) is 7.81. The van der Waals surface area contributed by atoms with Gasteiger partial charge in [0.2, 0.25) is 0 Å². The monoisotopic (exact) mass is 644 g/mol. The smallest absolute Gasteiger partial charge is 0.475 e. The molecule has 1 unspecified atom stereocenters. The van der Waals surface area contributed by atoms with E-state index in [0.29, 0.717) is 29.9 Å². The zero-order valence-electron chi connectivity index (χ0n) is 24.7. The fraction of sp³-hybridized carbons (Fsp3) is 0.355. The van der Waals surface area contributed by atoms with E-state index < -0.39 is 12.1 Å². The molecule has 10 nitrogen and oxygen atoms in total. The zero-order chi connectivity index (χ0) is 32.5. The number of hydrogen-bond donors (Lipinski definition) is 3. The highest BCUT2D eigenvalue weighted by molar-refractivity contribution is 7.17. The standard InChI is InChI=1S/C29H30N4O4S.C2HF3O2/c1-17-11-24(34)22-8-7-20(14-25(22)37-17)30-19-6-4-5-18(12-19)13-21-16-36-10-9-33(21)28-31-23-15-29(2,3)32-27(35)26(23)38-28;3-2(4,5)1(6)7/h4-8,11-12,14,21,30H,9-10,13,15-16H2,1-3H3,(H,32,35);(H,6,7). The molecule has 4 aromatic rings. The second-order valence-electron chi connectivity index (χ2n) is 11.5. The number of thiazole rings is 1. The number of morpholine rings is 1. The van der Waals surface area contributed by atoms with Gasteiger partial charge in [-0.2, -0.15) is 13.2 Å². The molecular weight excluding hydrogens is 613 g/mol. The lowest BCUT2D eigenvalue weighted by Gasteiger charge is -2.35. The summed E-state index contributed by atoms with van der Waals surface area (Å²) < 4.78 is 43.3. The molecule has 3 N–H and O–H groups in total. The number of hydrogen-bond acceptors (Lipinski definition) is 9. The maximum atomic E-state index is 12.7. The number of carboxylic acid groups (broad SMARTS) is 1. The van der Waals surface area contributed by atoms with Gasteiger partial charge in [0.1, 0.15) is 16.2 Å². The van der Waals surface area contributed by atoms with Crippen molar-refractivity contribution in [3.8, 4) is 0 Å². The summed E-state index contributed by atoms with van der Waals surface area (Å²) in [4.78, 5) is 41.7. The number of anilines is 3. The number of nitrogens with zero attached hydrogens (tertiary/aromatic N) is 2. The second-order valence-corrected chi connectivity index (χ2v) is 12.5. The Morgan fingerprint density at radius 3 is 2.64 bits per heavy atom. The predicted molar refractivity (Wildman–Crippen MR) is 164 cm³/mol. The minimum absolute atomic E-state index is 0.0355. The van der Waals surface area contributed by atoms with Gasteiger partial charge in [0.15, 0.2) is 10.6 Å². The van der Waals surface area contributed by atoms with Gasteiger partial charge in [-0.05, 0) is 57.0 Å². The van der Waals surface area contributed by atoms with Crippen molar-refractivity contribution in [2.75, 3.05) is 30.0 Å². The first-order chi connectivity index (χ1) is 21.2. The van der Waals surface area contributed by atoms with E-state index in [0.717, 1.165) is 46.5 Å². The van der Waals surface area contributed by atoms with Crippen molar-refractivity contribution < 1.29 is 37.0 Å². The molecule has 0 radical (unpaired) electrons. The number of alkyl halides is 3. The van der Waals surface area contributed by atoms with Crippen molar-refractivity contribution >= 4 is 50.7 Å². The number of fused-ring (bicyclic) bond motifs is 2. The number of amides is 1. The number of rotatable bonds is 5. The number of carboxylic acids is 1. The van der Waals surface area contributed by atoms with Gasteiger partial charge < -0.3 is 29.8 Å². The number of ether oxygens (including phenoxy) is 1. The maximum absolute atomic E-state index is 12.7. The largest absolute Gasteiger partial charge is 0.490 e. The summed E-state index contributed by atoms with van der Waals surface area (Å²) >= 11 is 1.48. The highest BCUT2D eigenvalue weighted by Gasteiger charge is 2.38. The fourth-order valence-corrected chi connectivity index (χ4v) is 6.31. The number of halogens is 3. The number of carbonyl (C=O) groups is 2. The van der Waals surface area contributed by atoms with E-state index in [1.807, 2.05) is 38.1 Å². The van der Waals surface area contributed by atoms with Gasteiger partial charge in [-0.25, -0.2) is 9.78 Å². The van der Waals surface area contributed by atoms with Crippen LogP contribution in [0.15, 0.2) is 57.7 Å². The maximum Gasteiger partial charge on any atom is 0.490 e. The van der Waals surface area contributed by atoms with E-state index in [2.05, 4.69) is 27.7 Å². The van der Waals surface area contributed by atoms with Gasteiger partial charge in [0.25, 0.3) is 5.91 Å². The Morgan fingerprint density at radius 2 is 1.91 bits per heavy atom. The molecular formula is C31H31F3N4O6S. The molecule has 0 spiro atoms. The van der Waals surface area contributed by atoms with Gasteiger partial charge in [-0.3, -0.25) is 9.59 Å². The van der Waals surface area contributed by atoms with Crippen LogP contribution in [-0.4, -0.2) is 59.5 Å². The normalized spacial score (nSPS) is 17.6. The minimum Gasteiger partial charge on any atom is -0.475 e. The Bertz CT molecular complexity index is 1800. The molecule has 4 heterocycles. The fourth-order valence-electron chi connectivity index (χ4n) is 5.23. The zero-order valence-corrected chi connectivity index (χ0v) is 25.5. The van der Waals surface area contributed by atoms with E-state index in [4.69, 9.17) is 24.0 Å². The number of aryl methyl sites for hydroxylation is 1. The molecule has 2 aliphatic rings. The van der Waals surface area contributed by atoms with Crippen LogP contribution >= 0.6 is 11.3 Å². The SMILES string of the molecule is Cc1cc(=O)c2ccc(Nc3cccc(CC4COCCN4c4nc5c(s4)C(=O)NC(C)(C)C5)c3)cc2o1.O=C(O)C(F)(F)F. The summed E-state index contributed by atoms with van der Waals surface area (Å²) in [6, 6.07) is 15.5. The summed E-state index contributed by atoms with van der Waals surface area (Å²) in [5, 5.41) is 15.1.